The van der Waals surface area contributed by atoms with Gasteiger partial charge in [0, 0.05) is 72.4 Å². The van der Waals surface area contributed by atoms with Gasteiger partial charge in [-0.25, -0.2) is 0 Å². The topological polar surface area (TPSA) is 37.4 Å². The van der Waals surface area contributed by atoms with Crippen LogP contribution in [0.25, 0.3) is 0 Å². The van der Waals surface area contributed by atoms with Gasteiger partial charge in [-0.15, -0.1) is 0 Å². The second kappa shape index (κ2) is 6.42. The zero-order chi connectivity index (χ0) is 9.97. The average Bonchev–Trinajstić information content (AvgIpc) is 2.71. The van der Waals surface area contributed by atoms with Crippen molar-refractivity contribution in [1.29, 1.82) is 0 Å². The van der Waals surface area contributed by atoms with Gasteiger partial charge in [-0.2, -0.15) is 0 Å². The fourth-order valence-electron chi connectivity index (χ4n) is 2.24. The molecule has 0 radical (unpaired) electrons. The van der Waals surface area contributed by atoms with Crippen molar-refractivity contribution in [3.63, 3.8) is 0 Å². The number of carbonyl (C=O) groups is 1. The van der Waals surface area contributed by atoms with E-state index in [1.165, 1.54) is 0 Å². The zero-order valence-electron chi connectivity index (χ0n) is 8.91. The molecule has 0 aromatic rings. The molecule has 0 bridgehead atoms. The summed E-state index contributed by atoms with van der Waals surface area (Å²) in [5, 5.41) is 0. The number of carbonyl (C=O) groups excluding carboxylic acids is 1. The second-order valence-electron chi connectivity index (χ2n) is 4.15. The van der Waals surface area contributed by atoms with E-state index >= 15 is 0 Å². The van der Waals surface area contributed by atoms with Crippen LogP contribution in [0.5, 0.6) is 0 Å². The van der Waals surface area contributed by atoms with Crippen molar-refractivity contribution < 1.29 is 40.1 Å². The summed E-state index contributed by atoms with van der Waals surface area (Å²) in [6.07, 6.45) is 3.98. The van der Waals surface area contributed by atoms with Gasteiger partial charge in [-0.3, -0.25) is 9.00 Å². The van der Waals surface area contributed by atoms with Gasteiger partial charge >= 0.3 is 0 Å². The molecule has 0 saturated carbocycles. The number of amides is 1. The average molecular weight is 453 g/mol. The van der Waals surface area contributed by atoms with Gasteiger partial charge in [0.05, 0.1) is 0 Å². The molecular formula is C10H17NO2SU. The number of nitrogens with zero attached hydrogens (tertiary/aromatic N) is 1. The van der Waals surface area contributed by atoms with Crippen molar-refractivity contribution in [3.8, 4) is 0 Å². The Hall–Kier alpha value is 0.672. The summed E-state index contributed by atoms with van der Waals surface area (Å²) >= 11 is 0. The fraction of sp³-hybridized carbons (Fsp3) is 0.900. The van der Waals surface area contributed by atoms with Crippen LogP contribution in [0.15, 0.2) is 0 Å². The summed E-state index contributed by atoms with van der Waals surface area (Å²) < 4.78 is 11.1. The smallest absolute Gasteiger partial charge is 0.225 e. The van der Waals surface area contributed by atoms with E-state index in [0.29, 0.717) is 5.91 Å². The van der Waals surface area contributed by atoms with Gasteiger partial charge in [0.1, 0.15) is 0 Å². The Labute approximate surface area is 117 Å². The van der Waals surface area contributed by atoms with E-state index in [4.69, 9.17) is 0 Å². The van der Waals surface area contributed by atoms with Gasteiger partial charge in [-0.05, 0) is 25.7 Å². The van der Waals surface area contributed by atoms with Crippen LogP contribution < -0.4 is 0 Å². The molecule has 1 amide bonds. The molecule has 0 aromatic heterocycles. The molecule has 3 nitrogen and oxygen atoms in total. The molecule has 5 heteroatoms. The maximum atomic E-state index is 11.9. The van der Waals surface area contributed by atoms with Crippen molar-refractivity contribution in [2.75, 3.05) is 24.6 Å². The van der Waals surface area contributed by atoms with Crippen LogP contribution in [-0.4, -0.2) is 39.6 Å². The second-order valence-corrected chi connectivity index (χ2v) is 5.85. The van der Waals surface area contributed by atoms with Gasteiger partial charge in [0.2, 0.25) is 5.91 Å². The monoisotopic (exact) mass is 453 g/mol. The fourth-order valence-corrected chi connectivity index (χ4v) is 3.54. The predicted octanol–water partition coefficient (Wildman–Crippen LogP) is 0.767. The van der Waals surface area contributed by atoms with Crippen molar-refractivity contribution in [2.45, 2.75) is 25.7 Å². The zero-order valence-corrected chi connectivity index (χ0v) is 13.9. The molecule has 2 rings (SSSR count). The summed E-state index contributed by atoms with van der Waals surface area (Å²) in [6.45, 7) is 1.89. The minimum absolute atomic E-state index is 0. The number of hydrogen-bond acceptors (Lipinski definition) is 2. The van der Waals surface area contributed by atoms with Crippen molar-refractivity contribution in [1.82, 2.24) is 4.90 Å². The molecule has 84 valence electrons. The first-order valence-corrected chi connectivity index (χ1v) is 6.90. The summed E-state index contributed by atoms with van der Waals surface area (Å²) in [7, 11) is -0.650. The molecular weight excluding hydrogens is 436 g/mol. The third kappa shape index (κ3) is 3.57. The van der Waals surface area contributed by atoms with Crippen molar-refractivity contribution in [3.05, 3.63) is 0 Å². The van der Waals surface area contributed by atoms with Crippen molar-refractivity contribution in [2.24, 2.45) is 5.92 Å². The first-order valence-electron chi connectivity index (χ1n) is 5.41. The predicted molar refractivity (Wildman–Crippen MR) is 56.4 cm³/mol. The number of hydrogen-bond donors (Lipinski definition) is 0. The molecule has 0 atom stereocenters. The van der Waals surface area contributed by atoms with Crippen LogP contribution in [0.1, 0.15) is 25.7 Å². The van der Waals surface area contributed by atoms with E-state index in [0.717, 1.165) is 50.3 Å². The summed E-state index contributed by atoms with van der Waals surface area (Å²) in [5.41, 5.74) is 0. The van der Waals surface area contributed by atoms with E-state index in [-0.39, 0.29) is 37.0 Å². The van der Waals surface area contributed by atoms with E-state index < -0.39 is 10.8 Å². The Morgan fingerprint density at radius 2 is 1.67 bits per heavy atom. The SMILES string of the molecule is O=C(C1CCS(=O)CC1)N1CCCC1.[U]. The molecule has 0 N–H and O–H groups in total. The van der Waals surface area contributed by atoms with Crippen LogP contribution in [0.3, 0.4) is 0 Å². The van der Waals surface area contributed by atoms with Crippen LogP contribution in [0.2, 0.25) is 0 Å². The maximum Gasteiger partial charge on any atom is 0.225 e. The van der Waals surface area contributed by atoms with Crippen LogP contribution >= 0.6 is 0 Å². The minimum atomic E-state index is -0.650. The van der Waals surface area contributed by atoms with E-state index in [1.54, 1.807) is 0 Å². The van der Waals surface area contributed by atoms with Gasteiger partial charge in [0.25, 0.3) is 0 Å². The Morgan fingerprint density at radius 1 is 1.13 bits per heavy atom. The van der Waals surface area contributed by atoms with Crippen LogP contribution in [0, 0.1) is 37.0 Å². The Kier molecular flexibility index (Phi) is 5.88. The molecule has 0 unspecified atom stereocenters. The molecule has 2 heterocycles. The molecule has 2 aliphatic heterocycles. The molecule has 2 aliphatic rings. The molecule has 15 heavy (non-hydrogen) atoms. The van der Waals surface area contributed by atoms with Gasteiger partial charge < -0.3 is 4.90 Å². The summed E-state index contributed by atoms with van der Waals surface area (Å²) in [6, 6.07) is 0. The molecule has 2 fully saturated rings. The number of likely N-dealkylation sites (tertiary alicyclic amines) is 1. The Morgan fingerprint density at radius 3 is 2.20 bits per heavy atom. The van der Waals surface area contributed by atoms with E-state index in [2.05, 4.69) is 0 Å². The Balaban J connectivity index is 0.00000112. The largest absolute Gasteiger partial charge is 0.342 e. The first-order chi connectivity index (χ1) is 6.77. The molecule has 0 aromatic carbocycles. The standard InChI is InChI=1S/C10H17NO2S.U/c12-10(11-5-1-2-6-11)9-3-7-14(13)8-4-9;/h9H,1-8H2;. The normalized spacial score (nSPS) is 31.1. The number of rotatable bonds is 1. The van der Waals surface area contributed by atoms with Gasteiger partial charge in [0.15, 0.2) is 0 Å². The molecule has 2 saturated heterocycles. The third-order valence-electron chi connectivity index (χ3n) is 3.15. The summed E-state index contributed by atoms with van der Waals surface area (Å²) in [5.74, 6) is 1.94. The molecule has 0 aliphatic carbocycles. The van der Waals surface area contributed by atoms with Crippen LogP contribution in [0.4, 0.5) is 0 Å². The van der Waals surface area contributed by atoms with Gasteiger partial charge in [-0.1, -0.05) is 0 Å². The first kappa shape index (κ1) is 13.7. The third-order valence-corrected chi connectivity index (χ3v) is 4.54. The maximum absolute atomic E-state index is 11.9. The van der Waals surface area contributed by atoms with Crippen molar-refractivity contribution >= 4 is 16.7 Å². The van der Waals surface area contributed by atoms with E-state index in [1.807, 2.05) is 4.90 Å². The van der Waals surface area contributed by atoms with E-state index in [9.17, 15) is 9.00 Å². The Bertz CT molecular complexity index is 244. The summed E-state index contributed by atoms with van der Waals surface area (Å²) in [4.78, 5) is 13.9. The van der Waals surface area contributed by atoms with Crippen LogP contribution in [-0.2, 0) is 15.6 Å². The molecule has 0 spiro atoms. The minimum Gasteiger partial charge on any atom is -0.342 e. The quantitative estimate of drug-likeness (QED) is 0.589.